The number of amides is 2. The molecule has 1 aliphatic carbocycles. The molecular formula is C11H14N2O. The van der Waals surface area contributed by atoms with Crippen LogP contribution in [0.25, 0.3) is 0 Å². The van der Waals surface area contributed by atoms with Crippen LogP contribution in [0.3, 0.4) is 0 Å². The van der Waals surface area contributed by atoms with Gasteiger partial charge in [-0.2, -0.15) is 0 Å². The molecule has 0 unspecified atom stereocenters. The van der Waals surface area contributed by atoms with Crippen molar-refractivity contribution in [2.75, 3.05) is 0 Å². The lowest BCUT2D eigenvalue weighted by Crippen LogP contribution is -2.52. The Bertz CT molecular complexity index is 330. The number of hydrogen-bond acceptors (Lipinski definition) is 1. The van der Waals surface area contributed by atoms with Gasteiger partial charge in [-0.05, 0) is 24.8 Å². The SMILES string of the molecule is NC(=O)NC1(c2ccccc2)CCC1. The van der Waals surface area contributed by atoms with Crippen molar-refractivity contribution in [1.29, 1.82) is 0 Å². The Balaban J connectivity index is 2.25. The molecule has 0 atom stereocenters. The van der Waals surface area contributed by atoms with Gasteiger partial charge in [-0.3, -0.25) is 0 Å². The summed E-state index contributed by atoms with van der Waals surface area (Å²) in [6.07, 6.45) is 3.12. The molecule has 0 aliphatic heterocycles. The van der Waals surface area contributed by atoms with Crippen molar-refractivity contribution in [2.24, 2.45) is 5.73 Å². The van der Waals surface area contributed by atoms with E-state index >= 15 is 0 Å². The summed E-state index contributed by atoms with van der Waals surface area (Å²) < 4.78 is 0. The number of rotatable bonds is 2. The quantitative estimate of drug-likeness (QED) is 0.733. The van der Waals surface area contributed by atoms with Crippen molar-refractivity contribution in [2.45, 2.75) is 24.8 Å². The van der Waals surface area contributed by atoms with Gasteiger partial charge in [0.15, 0.2) is 0 Å². The summed E-state index contributed by atoms with van der Waals surface area (Å²) in [4.78, 5) is 10.9. The van der Waals surface area contributed by atoms with Crippen LogP contribution < -0.4 is 11.1 Å². The average Bonchev–Trinajstić information content (AvgIpc) is 2.12. The molecule has 3 nitrogen and oxygen atoms in total. The molecule has 0 aromatic heterocycles. The molecule has 74 valence electrons. The number of carbonyl (C=O) groups excluding carboxylic acids is 1. The van der Waals surface area contributed by atoms with Crippen molar-refractivity contribution in [3.05, 3.63) is 35.9 Å². The molecule has 0 saturated heterocycles. The molecule has 1 aromatic carbocycles. The van der Waals surface area contributed by atoms with Crippen molar-refractivity contribution < 1.29 is 4.79 Å². The van der Waals surface area contributed by atoms with Gasteiger partial charge in [0.25, 0.3) is 0 Å². The summed E-state index contributed by atoms with van der Waals surface area (Å²) in [5, 5.41) is 2.85. The van der Waals surface area contributed by atoms with E-state index in [-0.39, 0.29) is 5.54 Å². The summed E-state index contributed by atoms with van der Waals surface area (Å²) >= 11 is 0. The number of nitrogens with two attached hydrogens (primary N) is 1. The molecule has 1 aromatic rings. The first kappa shape index (κ1) is 9.06. The lowest BCUT2D eigenvalue weighted by Gasteiger charge is -2.42. The first-order valence-electron chi connectivity index (χ1n) is 4.86. The fourth-order valence-electron chi connectivity index (χ4n) is 2.01. The first-order valence-corrected chi connectivity index (χ1v) is 4.86. The van der Waals surface area contributed by atoms with E-state index in [1.165, 1.54) is 0 Å². The topological polar surface area (TPSA) is 55.1 Å². The highest BCUT2D eigenvalue weighted by molar-refractivity contribution is 5.73. The third kappa shape index (κ3) is 1.45. The van der Waals surface area contributed by atoms with Crippen LogP contribution in [0.5, 0.6) is 0 Å². The predicted octanol–water partition coefficient (Wildman–Crippen LogP) is 1.73. The van der Waals surface area contributed by atoms with Crippen molar-refractivity contribution in [3.63, 3.8) is 0 Å². The van der Waals surface area contributed by atoms with Gasteiger partial charge >= 0.3 is 6.03 Å². The van der Waals surface area contributed by atoms with Crippen LogP contribution in [0.15, 0.2) is 30.3 Å². The van der Waals surface area contributed by atoms with E-state index in [9.17, 15) is 4.79 Å². The monoisotopic (exact) mass is 190 g/mol. The van der Waals surface area contributed by atoms with Crippen LogP contribution in [0, 0.1) is 0 Å². The maximum atomic E-state index is 10.9. The van der Waals surface area contributed by atoms with Gasteiger partial charge in [-0.25, -0.2) is 4.79 Å². The predicted molar refractivity (Wildman–Crippen MR) is 54.7 cm³/mol. The molecular weight excluding hydrogens is 176 g/mol. The third-order valence-electron chi connectivity index (χ3n) is 2.90. The molecule has 1 fully saturated rings. The van der Waals surface area contributed by atoms with Crippen LogP contribution in [0.4, 0.5) is 4.79 Å². The minimum atomic E-state index is -0.437. The van der Waals surface area contributed by atoms with Gasteiger partial charge in [0.1, 0.15) is 0 Å². The molecule has 2 amide bonds. The second-order valence-corrected chi connectivity index (χ2v) is 3.79. The largest absolute Gasteiger partial charge is 0.352 e. The van der Waals surface area contributed by atoms with Crippen LogP contribution in [-0.2, 0) is 5.54 Å². The molecule has 1 saturated carbocycles. The second-order valence-electron chi connectivity index (χ2n) is 3.79. The van der Waals surface area contributed by atoms with Gasteiger partial charge in [0.05, 0.1) is 5.54 Å². The fraction of sp³-hybridized carbons (Fsp3) is 0.364. The molecule has 2 rings (SSSR count). The molecule has 0 heterocycles. The van der Waals surface area contributed by atoms with E-state index in [1.807, 2.05) is 30.3 Å². The van der Waals surface area contributed by atoms with E-state index in [0.29, 0.717) is 0 Å². The Kier molecular flexibility index (Phi) is 2.15. The number of urea groups is 1. The molecule has 3 heteroatoms. The van der Waals surface area contributed by atoms with E-state index in [2.05, 4.69) is 5.32 Å². The van der Waals surface area contributed by atoms with Gasteiger partial charge in [-0.1, -0.05) is 30.3 Å². The van der Waals surface area contributed by atoms with E-state index in [4.69, 9.17) is 5.73 Å². The van der Waals surface area contributed by atoms with Crippen LogP contribution in [0.1, 0.15) is 24.8 Å². The zero-order valence-electron chi connectivity index (χ0n) is 7.99. The van der Waals surface area contributed by atoms with E-state index < -0.39 is 6.03 Å². The van der Waals surface area contributed by atoms with Gasteiger partial charge in [0, 0.05) is 0 Å². The fourth-order valence-corrected chi connectivity index (χ4v) is 2.01. The lowest BCUT2D eigenvalue weighted by atomic mass is 9.72. The minimum Gasteiger partial charge on any atom is -0.352 e. The van der Waals surface area contributed by atoms with E-state index in [1.54, 1.807) is 0 Å². The van der Waals surface area contributed by atoms with Crippen LogP contribution >= 0.6 is 0 Å². The third-order valence-corrected chi connectivity index (χ3v) is 2.90. The van der Waals surface area contributed by atoms with Crippen molar-refractivity contribution in [3.8, 4) is 0 Å². The van der Waals surface area contributed by atoms with E-state index in [0.717, 1.165) is 24.8 Å². The number of hydrogen-bond donors (Lipinski definition) is 2. The first-order chi connectivity index (χ1) is 6.73. The maximum absolute atomic E-state index is 10.9. The number of carbonyl (C=O) groups is 1. The van der Waals surface area contributed by atoms with Crippen LogP contribution in [0.2, 0.25) is 0 Å². The smallest absolute Gasteiger partial charge is 0.312 e. The van der Waals surface area contributed by atoms with Crippen molar-refractivity contribution in [1.82, 2.24) is 5.32 Å². The molecule has 0 radical (unpaired) electrons. The second kappa shape index (κ2) is 3.33. The lowest BCUT2D eigenvalue weighted by molar-refractivity contribution is 0.183. The Labute approximate surface area is 83.3 Å². The highest BCUT2D eigenvalue weighted by atomic mass is 16.2. The average molecular weight is 190 g/mol. The molecule has 0 spiro atoms. The summed E-state index contributed by atoms with van der Waals surface area (Å²) in [6.45, 7) is 0. The zero-order valence-corrected chi connectivity index (χ0v) is 7.99. The Morgan fingerprint density at radius 3 is 2.36 bits per heavy atom. The zero-order chi connectivity index (χ0) is 10.0. The summed E-state index contributed by atoms with van der Waals surface area (Å²) in [5.74, 6) is 0. The number of benzene rings is 1. The summed E-state index contributed by atoms with van der Waals surface area (Å²) in [7, 11) is 0. The highest BCUT2D eigenvalue weighted by Crippen LogP contribution is 2.40. The summed E-state index contributed by atoms with van der Waals surface area (Å²) in [6, 6.07) is 9.58. The number of primary amides is 1. The maximum Gasteiger partial charge on any atom is 0.312 e. The molecule has 0 bridgehead atoms. The highest BCUT2D eigenvalue weighted by Gasteiger charge is 2.39. The molecule has 14 heavy (non-hydrogen) atoms. The van der Waals surface area contributed by atoms with Gasteiger partial charge in [0.2, 0.25) is 0 Å². The summed E-state index contributed by atoms with van der Waals surface area (Å²) in [5.41, 5.74) is 6.15. The molecule has 3 N–H and O–H groups in total. The van der Waals surface area contributed by atoms with Gasteiger partial charge < -0.3 is 11.1 Å². The van der Waals surface area contributed by atoms with Gasteiger partial charge in [-0.15, -0.1) is 0 Å². The normalized spacial score (nSPS) is 18.3. The van der Waals surface area contributed by atoms with Crippen molar-refractivity contribution >= 4 is 6.03 Å². The number of nitrogens with one attached hydrogen (secondary N) is 1. The minimum absolute atomic E-state index is 0.187. The Hall–Kier alpha value is -1.51. The standard InChI is InChI=1S/C11H14N2O/c12-10(14)13-11(7-4-8-11)9-5-2-1-3-6-9/h1-3,5-6H,4,7-8H2,(H3,12,13,14). The Morgan fingerprint density at radius 2 is 1.93 bits per heavy atom. The Morgan fingerprint density at radius 1 is 1.29 bits per heavy atom. The van der Waals surface area contributed by atoms with Crippen LogP contribution in [-0.4, -0.2) is 6.03 Å². The molecule has 1 aliphatic rings.